The zero-order valence-corrected chi connectivity index (χ0v) is 13.6. The second-order valence-electron chi connectivity index (χ2n) is 5.50. The first-order chi connectivity index (χ1) is 12.1. The van der Waals surface area contributed by atoms with Crippen molar-refractivity contribution in [1.82, 2.24) is 5.32 Å². The third-order valence-electron chi connectivity index (χ3n) is 3.87. The van der Waals surface area contributed by atoms with Crippen LogP contribution in [0, 0.1) is 5.82 Å². The number of cyclic esters (lactones) is 1. The predicted octanol–water partition coefficient (Wildman–Crippen LogP) is 2.59. The van der Waals surface area contributed by atoms with Gasteiger partial charge in [0.25, 0.3) is 5.91 Å². The van der Waals surface area contributed by atoms with Crippen molar-refractivity contribution in [2.24, 2.45) is 0 Å². The molecule has 0 bridgehead atoms. The lowest BCUT2D eigenvalue weighted by Gasteiger charge is -2.13. The molecule has 1 unspecified atom stereocenters. The van der Waals surface area contributed by atoms with Gasteiger partial charge in [0, 0.05) is 5.69 Å². The molecule has 1 aliphatic rings. The van der Waals surface area contributed by atoms with Gasteiger partial charge in [0.1, 0.15) is 17.7 Å². The van der Waals surface area contributed by atoms with Crippen molar-refractivity contribution in [3.63, 3.8) is 0 Å². The number of anilines is 1. The van der Waals surface area contributed by atoms with E-state index in [-0.39, 0.29) is 12.1 Å². The average molecular weight is 344 g/mol. The van der Waals surface area contributed by atoms with Crippen molar-refractivity contribution < 1.29 is 23.5 Å². The molecule has 1 N–H and O–H groups in total. The number of carbonyl (C=O) groups is 2. The maximum atomic E-state index is 13.6. The summed E-state index contributed by atoms with van der Waals surface area (Å²) < 4.78 is 23.9. The normalized spacial score (nSPS) is 16.5. The van der Waals surface area contributed by atoms with Crippen LogP contribution < -0.4 is 15.0 Å². The van der Waals surface area contributed by atoms with E-state index in [9.17, 15) is 14.0 Å². The number of amides is 2. The van der Waals surface area contributed by atoms with Crippen molar-refractivity contribution in [3.8, 4) is 5.75 Å². The van der Waals surface area contributed by atoms with E-state index >= 15 is 0 Å². The van der Waals surface area contributed by atoms with Crippen LogP contribution in [0.4, 0.5) is 14.9 Å². The first-order valence-corrected chi connectivity index (χ1v) is 7.73. The summed E-state index contributed by atoms with van der Waals surface area (Å²) in [5, 5.41) is 2.59. The Kier molecular flexibility index (Phi) is 4.83. The minimum Gasteiger partial charge on any atom is -0.497 e. The number of rotatable bonds is 5. The van der Waals surface area contributed by atoms with E-state index in [0.29, 0.717) is 18.0 Å². The second-order valence-corrected chi connectivity index (χ2v) is 5.50. The van der Waals surface area contributed by atoms with E-state index in [1.807, 2.05) is 0 Å². The summed E-state index contributed by atoms with van der Waals surface area (Å²) in [7, 11) is 1.56. The monoisotopic (exact) mass is 344 g/mol. The quantitative estimate of drug-likeness (QED) is 0.905. The summed E-state index contributed by atoms with van der Waals surface area (Å²) >= 11 is 0. The van der Waals surface area contributed by atoms with Crippen LogP contribution in [0.15, 0.2) is 48.5 Å². The summed E-state index contributed by atoms with van der Waals surface area (Å²) in [5.41, 5.74) is 0.632. The summed E-state index contributed by atoms with van der Waals surface area (Å²) in [6, 6.07) is 12.7. The molecule has 1 saturated heterocycles. The van der Waals surface area contributed by atoms with Gasteiger partial charge in [-0.25, -0.2) is 9.18 Å². The minimum atomic E-state index is -0.594. The summed E-state index contributed by atoms with van der Waals surface area (Å²) in [6.45, 7) is 0.397. The molecule has 1 fully saturated rings. The van der Waals surface area contributed by atoms with Gasteiger partial charge in [-0.15, -0.1) is 0 Å². The van der Waals surface area contributed by atoms with E-state index in [1.54, 1.807) is 37.4 Å². The highest BCUT2D eigenvalue weighted by atomic mass is 19.1. The molecule has 0 spiro atoms. The fraction of sp³-hybridized carbons (Fsp3) is 0.222. The molecule has 0 saturated carbocycles. The van der Waals surface area contributed by atoms with Gasteiger partial charge in [0.2, 0.25) is 0 Å². The fourth-order valence-electron chi connectivity index (χ4n) is 2.55. The van der Waals surface area contributed by atoms with Gasteiger partial charge in [-0.2, -0.15) is 0 Å². The van der Waals surface area contributed by atoms with Crippen molar-refractivity contribution in [1.29, 1.82) is 0 Å². The largest absolute Gasteiger partial charge is 0.497 e. The standard InChI is InChI=1S/C18H17FN2O4/c1-24-13-8-6-12(7-9-13)21-11-14(25-18(21)23)10-20-17(22)15-4-2-3-5-16(15)19/h2-9,14H,10-11H2,1H3,(H,20,22). The Labute approximate surface area is 144 Å². The Balaban J connectivity index is 1.59. The Morgan fingerprint density at radius 3 is 2.68 bits per heavy atom. The van der Waals surface area contributed by atoms with Gasteiger partial charge >= 0.3 is 6.09 Å². The van der Waals surface area contributed by atoms with E-state index in [1.165, 1.54) is 23.1 Å². The fourth-order valence-corrected chi connectivity index (χ4v) is 2.55. The molecule has 130 valence electrons. The van der Waals surface area contributed by atoms with E-state index in [2.05, 4.69) is 5.32 Å². The lowest BCUT2D eigenvalue weighted by molar-refractivity contribution is 0.0912. The highest BCUT2D eigenvalue weighted by Crippen LogP contribution is 2.24. The Morgan fingerprint density at radius 2 is 2.00 bits per heavy atom. The Hall–Kier alpha value is -3.09. The topological polar surface area (TPSA) is 67.9 Å². The number of nitrogens with one attached hydrogen (secondary N) is 1. The predicted molar refractivity (Wildman–Crippen MR) is 89.3 cm³/mol. The zero-order valence-electron chi connectivity index (χ0n) is 13.6. The number of hydrogen-bond donors (Lipinski definition) is 1. The summed E-state index contributed by atoms with van der Waals surface area (Å²) in [4.78, 5) is 25.5. The van der Waals surface area contributed by atoms with Crippen LogP contribution in [0.5, 0.6) is 5.75 Å². The van der Waals surface area contributed by atoms with Crippen LogP contribution in [-0.2, 0) is 4.74 Å². The first kappa shape index (κ1) is 16.8. The molecule has 0 aromatic heterocycles. The second kappa shape index (κ2) is 7.21. The van der Waals surface area contributed by atoms with Gasteiger partial charge < -0.3 is 14.8 Å². The molecular formula is C18H17FN2O4. The summed E-state index contributed by atoms with van der Waals surface area (Å²) in [5.74, 6) is -0.453. The van der Waals surface area contributed by atoms with Gasteiger partial charge in [-0.05, 0) is 36.4 Å². The number of carbonyl (C=O) groups excluding carboxylic acids is 2. The average Bonchev–Trinajstić information content (AvgIpc) is 3.01. The molecule has 1 heterocycles. The molecule has 1 atom stereocenters. The van der Waals surface area contributed by atoms with Gasteiger partial charge in [0.15, 0.2) is 0 Å². The van der Waals surface area contributed by atoms with Gasteiger partial charge in [-0.1, -0.05) is 12.1 Å². The molecule has 6 nitrogen and oxygen atoms in total. The smallest absolute Gasteiger partial charge is 0.414 e. The highest BCUT2D eigenvalue weighted by Gasteiger charge is 2.32. The van der Waals surface area contributed by atoms with Crippen LogP contribution >= 0.6 is 0 Å². The van der Waals surface area contributed by atoms with Crippen LogP contribution in [0.25, 0.3) is 0 Å². The molecule has 3 rings (SSSR count). The lowest BCUT2D eigenvalue weighted by Crippen LogP contribution is -2.35. The maximum Gasteiger partial charge on any atom is 0.414 e. The SMILES string of the molecule is COc1ccc(N2CC(CNC(=O)c3ccccc3F)OC2=O)cc1. The molecule has 2 aromatic rings. The minimum absolute atomic E-state index is 0.0427. The number of nitrogens with zero attached hydrogens (tertiary/aromatic N) is 1. The van der Waals surface area contributed by atoms with Crippen LogP contribution in [-0.4, -0.2) is 38.3 Å². The zero-order chi connectivity index (χ0) is 17.8. The molecule has 2 amide bonds. The molecule has 7 heteroatoms. The molecule has 0 radical (unpaired) electrons. The van der Waals surface area contributed by atoms with E-state index in [0.717, 1.165) is 0 Å². The molecule has 1 aliphatic heterocycles. The van der Waals surface area contributed by atoms with Crippen LogP contribution in [0.3, 0.4) is 0 Å². The van der Waals surface area contributed by atoms with Crippen molar-refractivity contribution in [3.05, 3.63) is 59.9 Å². The number of hydrogen-bond acceptors (Lipinski definition) is 4. The van der Waals surface area contributed by atoms with E-state index in [4.69, 9.17) is 9.47 Å². The van der Waals surface area contributed by atoms with Crippen molar-refractivity contribution >= 4 is 17.7 Å². The number of methoxy groups -OCH3 is 1. The maximum absolute atomic E-state index is 13.6. The van der Waals surface area contributed by atoms with Gasteiger partial charge in [-0.3, -0.25) is 9.69 Å². The summed E-state index contributed by atoms with van der Waals surface area (Å²) in [6.07, 6.45) is -0.999. The molecular weight excluding hydrogens is 327 g/mol. The molecule has 25 heavy (non-hydrogen) atoms. The van der Waals surface area contributed by atoms with Crippen molar-refractivity contribution in [2.75, 3.05) is 25.1 Å². The third kappa shape index (κ3) is 3.71. The number of halogens is 1. The van der Waals surface area contributed by atoms with E-state index < -0.39 is 23.9 Å². The van der Waals surface area contributed by atoms with Crippen LogP contribution in [0.1, 0.15) is 10.4 Å². The number of benzene rings is 2. The van der Waals surface area contributed by atoms with Crippen LogP contribution in [0.2, 0.25) is 0 Å². The first-order valence-electron chi connectivity index (χ1n) is 7.73. The highest BCUT2D eigenvalue weighted by molar-refractivity contribution is 5.94. The van der Waals surface area contributed by atoms with Gasteiger partial charge in [0.05, 0.1) is 25.8 Å². The lowest BCUT2D eigenvalue weighted by atomic mass is 10.2. The number of ether oxygens (including phenoxy) is 2. The molecule has 2 aromatic carbocycles. The van der Waals surface area contributed by atoms with Crippen molar-refractivity contribution in [2.45, 2.75) is 6.10 Å². The third-order valence-corrected chi connectivity index (χ3v) is 3.87. The molecule has 0 aliphatic carbocycles. The Bertz CT molecular complexity index is 779. The Morgan fingerprint density at radius 1 is 1.28 bits per heavy atom.